The maximum absolute atomic E-state index is 12.8. The van der Waals surface area contributed by atoms with Crippen LogP contribution in [0.4, 0.5) is 0 Å². The Labute approximate surface area is 120 Å². The summed E-state index contributed by atoms with van der Waals surface area (Å²) >= 11 is 0. The number of phenols is 1. The topological polar surface area (TPSA) is 37.3 Å². The SMILES string of the molecule is C/C=C(\C(=O)c1c(C)bccc1C)c1ccc(O)cc1. The van der Waals surface area contributed by atoms with E-state index in [0.29, 0.717) is 5.57 Å². The van der Waals surface area contributed by atoms with Crippen LogP contribution < -0.4 is 0 Å². The standard InChI is InChI=1S/C17H17BO2/c1-4-15(13-5-7-14(19)8-6-13)17(20)16-11(2)9-10-18-12(16)3/h4-10,19H,1-3H3/b15-4-. The van der Waals surface area contributed by atoms with Gasteiger partial charge in [-0.15, -0.1) is 0 Å². The third-order valence-electron chi connectivity index (χ3n) is 3.42. The van der Waals surface area contributed by atoms with E-state index in [2.05, 4.69) is 0 Å². The Morgan fingerprint density at radius 1 is 1.15 bits per heavy atom. The van der Waals surface area contributed by atoms with Gasteiger partial charge in [0.15, 0.2) is 0 Å². The van der Waals surface area contributed by atoms with Crippen LogP contribution in [0.5, 0.6) is 5.75 Å². The average Bonchev–Trinajstić information content (AvgIpc) is 2.41. The summed E-state index contributed by atoms with van der Waals surface area (Å²) in [5.41, 5.74) is 4.19. The van der Waals surface area contributed by atoms with Gasteiger partial charge in [0.05, 0.1) is 0 Å². The molecular formula is C17H17BO2. The van der Waals surface area contributed by atoms with Crippen molar-refractivity contribution < 1.29 is 9.90 Å². The van der Waals surface area contributed by atoms with Gasteiger partial charge in [0.1, 0.15) is 0 Å². The second-order valence-corrected chi connectivity index (χ2v) is 4.85. The summed E-state index contributed by atoms with van der Waals surface area (Å²) in [5.74, 6) is 2.18. The molecule has 0 aliphatic rings. The molecule has 3 heteroatoms. The molecule has 1 N–H and O–H groups in total. The van der Waals surface area contributed by atoms with E-state index in [0.717, 1.165) is 22.1 Å². The van der Waals surface area contributed by atoms with Gasteiger partial charge in [-0.3, -0.25) is 0 Å². The Morgan fingerprint density at radius 2 is 1.80 bits per heavy atom. The molecule has 20 heavy (non-hydrogen) atoms. The van der Waals surface area contributed by atoms with Gasteiger partial charge in [0, 0.05) is 0 Å². The number of Topliss-reactive ketones (excluding diaryl/α,β-unsaturated/α-hetero) is 1. The van der Waals surface area contributed by atoms with E-state index in [1.165, 1.54) is 0 Å². The Morgan fingerprint density at radius 3 is 2.35 bits per heavy atom. The Balaban J connectivity index is 2.48. The van der Waals surface area contributed by atoms with Crippen molar-refractivity contribution in [2.75, 3.05) is 0 Å². The first-order valence-corrected chi connectivity index (χ1v) is 6.61. The molecular weight excluding hydrogens is 247 g/mol. The number of ketones is 1. The number of carbonyl (C=O) groups is 1. The molecule has 2 nitrogen and oxygen atoms in total. The van der Waals surface area contributed by atoms with E-state index in [1.54, 1.807) is 24.3 Å². The van der Waals surface area contributed by atoms with E-state index in [9.17, 15) is 9.90 Å². The summed E-state index contributed by atoms with van der Waals surface area (Å²) < 4.78 is 0. The fraction of sp³-hybridized carbons (Fsp3) is 0.176. The molecule has 0 spiro atoms. The number of phenolic OH excluding ortho intramolecular Hbond substituents is 1. The summed E-state index contributed by atoms with van der Waals surface area (Å²) in [7, 11) is 0. The number of aryl methyl sites for hydroxylation is 2. The monoisotopic (exact) mass is 264 g/mol. The van der Waals surface area contributed by atoms with Crippen molar-refractivity contribution in [1.82, 2.24) is 0 Å². The van der Waals surface area contributed by atoms with Gasteiger partial charge in [-0.25, -0.2) is 0 Å². The predicted molar refractivity (Wildman–Crippen MR) is 83.4 cm³/mol. The summed E-state index contributed by atoms with van der Waals surface area (Å²) in [6.07, 6.45) is 1.82. The molecule has 0 fully saturated rings. The van der Waals surface area contributed by atoms with Crippen LogP contribution >= 0.6 is 0 Å². The fourth-order valence-corrected chi connectivity index (χ4v) is 2.38. The van der Waals surface area contributed by atoms with Gasteiger partial charge in [0.2, 0.25) is 0 Å². The van der Waals surface area contributed by atoms with Crippen LogP contribution in [0.15, 0.2) is 42.4 Å². The average molecular weight is 264 g/mol. The molecule has 2 aromatic rings. The van der Waals surface area contributed by atoms with Crippen LogP contribution in [-0.4, -0.2) is 17.8 Å². The summed E-state index contributed by atoms with van der Waals surface area (Å²) in [5, 5.41) is 9.35. The van der Waals surface area contributed by atoms with Crippen molar-refractivity contribution in [3.63, 3.8) is 0 Å². The number of aromatic hydroxyl groups is 1. The van der Waals surface area contributed by atoms with Crippen LogP contribution in [0.2, 0.25) is 0 Å². The second-order valence-electron chi connectivity index (χ2n) is 4.85. The van der Waals surface area contributed by atoms with E-state index in [1.807, 2.05) is 45.8 Å². The van der Waals surface area contributed by atoms with Crippen LogP contribution in [0.25, 0.3) is 5.57 Å². The van der Waals surface area contributed by atoms with Gasteiger partial charge >= 0.3 is 119 Å². The Kier molecular flexibility index (Phi) is 4.18. The molecule has 1 aromatic carbocycles. The van der Waals surface area contributed by atoms with Crippen molar-refractivity contribution in [3.8, 4) is 5.75 Å². The zero-order chi connectivity index (χ0) is 14.7. The Bertz CT molecular complexity index is 650. The minimum atomic E-state index is 0.0220. The zero-order valence-electron chi connectivity index (χ0n) is 12.0. The van der Waals surface area contributed by atoms with Crippen molar-refractivity contribution in [3.05, 3.63) is 64.5 Å². The molecule has 1 heterocycles. The van der Waals surface area contributed by atoms with Gasteiger partial charge < -0.3 is 0 Å². The molecule has 0 radical (unpaired) electrons. The van der Waals surface area contributed by atoms with Gasteiger partial charge in [-0.05, 0) is 0 Å². The third-order valence-corrected chi connectivity index (χ3v) is 3.42. The normalized spacial score (nSPS) is 11.2. The van der Waals surface area contributed by atoms with E-state index >= 15 is 0 Å². The molecule has 1 aromatic heterocycles. The molecule has 0 bridgehead atoms. The summed E-state index contributed by atoms with van der Waals surface area (Å²) in [6.45, 7) is 7.70. The predicted octanol–water partition coefficient (Wildman–Crippen LogP) is 3.63. The quantitative estimate of drug-likeness (QED) is 0.678. The minimum absolute atomic E-state index is 0.0220. The molecule has 0 aliphatic heterocycles. The summed E-state index contributed by atoms with van der Waals surface area (Å²) in [4.78, 5) is 12.8. The number of allylic oxidation sites excluding steroid dienone is 2. The number of hydrogen-bond acceptors (Lipinski definition) is 2. The fourth-order valence-electron chi connectivity index (χ4n) is 2.38. The van der Waals surface area contributed by atoms with Crippen LogP contribution in [-0.2, 0) is 0 Å². The molecule has 0 atom stereocenters. The first-order chi connectivity index (χ1) is 9.54. The number of rotatable bonds is 3. The zero-order valence-corrected chi connectivity index (χ0v) is 12.0. The van der Waals surface area contributed by atoms with Crippen LogP contribution in [0.3, 0.4) is 0 Å². The van der Waals surface area contributed by atoms with Crippen LogP contribution in [0.1, 0.15) is 33.9 Å². The van der Waals surface area contributed by atoms with E-state index in [4.69, 9.17) is 0 Å². The van der Waals surface area contributed by atoms with Crippen molar-refractivity contribution in [1.29, 1.82) is 0 Å². The molecule has 2 rings (SSSR count). The third kappa shape index (κ3) is 2.72. The van der Waals surface area contributed by atoms with E-state index in [-0.39, 0.29) is 11.5 Å². The van der Waals surface area contributed by atoms with Crippen molar-refractivity contribution in [2.45, 2.75) is 20.8 Å². The number of benzene rings is 1. The molecule has 0 saturated carbocycles. The molecule has 0 amide bonds. The van der Waals surface area contributed by atoms with Crippen molar-refractivity contribution in [2.24, 2.45) is 0 Å². The molecule has 0 aliphatic carbocycles. The van der Waals surface area contributed by atoms with Gasteiger partial charge in [-0.1, -0.05) is 0 Å². The van der Waals surface area contributed by atoms with Crippen LogP contribution in [0, 0.1) is 13.8 Å². The molecule has 0 saturated heterocycles. The Hall–Kier alpha value is -2.16. The number of carbonyl (C=O) groups excluding carboxylic acids is 1. The first kappa shape index (κ1) is 14.3. The first-order valence-electron chi connectivity index (χ1n) is 6.61. The van der Waals surface area contributed by atoms with Gasteiger partial charge in [-0.2, -0.15) is 0 Å². The van der Waals surface area contributed by atoms with E-state index < -0.39 is 0 Å². The maximum atomic E-state index is 12.8. The summed E-state index contributed by atoms with van der Waals surface area (Å²) in [6, 6.07) is 8.66. The molecule has 0 unspecified atom stereocenters. The number of hydrogen-bond donors (Lipinski definition) is 1. The molecule has 100 valence electrons. The van der Waals surface area contributed by atoms with Crippen molar-refractivity contribution >= 4 is 18.3 Å². The second kappa shape index (κ2) is 5.87. The van der Waals surface area contributed by atoms with Gasteiger partial charge in [0.25, 0.3) is 0 Å².